The first-order valence-corrected chi connectivity index (χ1v) is 41.1. The Bertz CT molecular complexity index is 3380. The predicted octanol–water partition coefficient (Wildman–Crippen LogP) is -3.10. The number of nitrogens with one attached hydrogen (secondary N) is 15. The Balaban J connectivity index is 0.0000196. The molecule has 1 saturated heterocycles. The molecule has 15 amide bonds. The standard InChI is InChI=1S/C75H135N19O20.C2HF3O2/c1-39(2)31-51(90-72(110)55(35-43(9)10)91-70(108)53(33-41(5)6)87-63(101)46-24-20-30-80-46)68(106)85-47(21-14-17-27-76)64(102)88-54(34-42(7)8)71(109)89-52(32-40(3)4)69(107)86-49(23-16-19-29-78)66(104)93-57(38-95)73(111)94-61(44(11)12)74(112)81-37-59(97)82-45(13)62(100)83-50(25-26-58(79)96)67(105)84-48(22-15-18-28-77)65(103)92-56(75(113)114)36-60(98)99;3-2(4,5)1(6)7/h39-57,61,80,95H,14-38,76-78H2,1-13H3,(H2,79,96)(H,81,112)(H,82,97)(H,83,100)(H,84,105)(H,85,106)(H,86,107)(H,87,101)(H,88,102)(H,89,109)(H,90,110)(H,91,108)(H,92,103)(H,93,104)(H,94,111)(H,98,99)(H,113,114);(H,6,7)/t45-,46-,47-,48-,49-,50-,51-,52-,53-,54-,55-,56-,57-,61-;/m0./s1. The van der Waals surface area contributed by atoms with Crippen LogP contribution in [0.15, 0.2) is 0 Å². The van der Waals surface area contributed by atoms with Crippen molar-refractivity contribution in [2.75, 3.05) is 39.3 Å². The van der Waals surface area contributed by atoms with E-state index in [-0.39, 0.29) is 113 Å². The third-order valence-corrected chi connectivity index (χ3v) is 18.6. The number of carbonyl (C=O) groups excluding carboxylic acids is 15. The highest BCUT2D eigenvalue weighted by Crippen LogP contribution is 2.18. The van der Waals surface area contributed by atoms with Gasteiger partial charge in [0.25, 0.3) is 0 Å². The van der Waals surface area contributed by atoms with E-state index in [1.807, 2.05) is 41.5 Å². The SMILES string of the molecule is CC(C)C[C@H](NC(=O)[C@@H]1CCCN1)C(=O)N[C@@H](CC(C)C)C(=O)N[C@@H](CC(C)C)C(=O)N[C@@H](CCCCN)C(=O)N[C@@H](CC(C)C)C(=O)N[C@@H](CC(C)C)C(=O)N[C@@H](CCCCN)C(=O)N[C@@H](CO)C(=O)N[C@H](C(=O)NCC(=O)N[C@@H](C)C(=O)N[C@@H](CCC(N)=O)C(=O)N[C@@H](CCCCN)C(=O)N[C@@H](CC(=O)O)C(=O)O)C(C)C.O=C(O)C(F)(F)F. The van der Waals surface area contributed by atoms with E-state index in [2.05, 4.69) is 79.8 Å². The number of unbranched alkanes of at least 4 members (excludes halogenated alkanes) is 3. The number of nitrogens with two attached hydrogens (primary N) is 4. The molecule has 44 heteroatoms. The molecule has 0 unspecified atom stereocenters. The molecule has 41 nitrogen and oxygen atoms in total. The lowest BCUT2D eigenvalue weighted by Gasteiger charge is -2.29. The minimum atomic E-state index is -5.08. The number of carboxylic acid groups (broad SMARTS) is 3. The number of amides is 15. The van der Waals surface area contributed by atoms with Crippen molar-refractivity contribution in [2.45, 2.75) is 303 Å². The van der Waals surface area contributed by atoms with Crippen LogP contribution in [0.2, 0.25) is 0 Å². The van der Waals surface area contributed by atoms with Crippen molar-refractivity contribution in [1.82, 2.24) is 79.8 Å². The maximum Gasteiger partial charge on any atom is 0.490 e. The summed E-state index contributed by atoms with van der Waals surface area (Å²) < 4.78 is 31.7. The fourth-order valence-corrected chi connectivity index (χ4v) is 12.3. The zero-order valence-corrected chi connectivity index (χ0v) is 71.8. The maximum atomic E-state index is 14.6. The van der Waals surface area contributed by atoms with E-state index in [1.165, 1.54) is 20.8 Å². The third kappa shape index (κ3) is 46.6. The first kappa shape index (κ1) is 111. The van der Waals surface area contributed by atoms with Crippen molar-refractivity contribution in [3.63, 3.8) is 0 Å². The molecular formula is C77H136F3N19O22. The molecule has 0 spiro atoms. The van der Waals surface area contributed by atoms with E-state index in [1.54, 1.807) is 27.7 Å². The molecular weight excluding hydrogens is 1600 g/mol. The lowest BCUT2D eigenvalue weighted by atomic mass is 9.98. The van der Waals surface area contributed by atoms with Gasteiger partial charge < -0.3 is 123 Å². The summed E-state index contributed by atoms with van der Waals surface area (Å²) in [4.78, 5) is 239. The zero-order valence-electron chi connectivity index (χ0n) is 71.8. The average Bonchev–Trinajstić information content (AvgIpc) is 1.14. The second kappa shape index (κ2) is 58.1. The second-order valence-electron chi connectivity index (χ2n) is 32.5. The Morgan fingerprint density at radius 1 is 0.397 bits per heavy atom. The average molecular weight is 1740 g/mol. The van der Waals surface area contributed by atoms with Crippen molar-refractivity contribution in [1.29, 1.82) is 0 Å². The number of carbonyl (C=O) groups is 18. The summed E-state index contributed by atoms with van der Waals surface area (Å²) in [5, 5.41) is 75.4. The number of halogens is 3. The molecule has 0 bridgehead atoms. The van der Waals surface area contributed by atoms with Gasteiger partial charge in [0, 0.05) is 6.42 Å². The number of rotatable bonds is 58. The van der Waals surface area contributed by atoms with Crippen LogP contribution in [0.1, 0.15) is 212 Å². The van der Waals surface area contributed by atoms with Crippen LogP contribution in [0.4, 0.5) is 13.2 Å². The number of aliphatic hydroxyl groups is 1. The molecule has 0 aliphatic carbocycles. The Morgan fingerprint density at radius 2 is 0.702 bits per heavy atom. The van der Waals surface area contributed by atoms with E-state index < -0.39 is 230 Å². The normalized spacial score (nSPS) is 15.9. The number of hydrogen-bond donors (Lipinski definition) is 23. The molecule has 0 radical (unpaired) electrons. The zero-order chi connectivity index (χ0) is 92.7. The van der Waals surface area contributed by atoms with Crippen LogP contribution in [0.3, 0.4) is 0 Å². The van der Waals surface area contributed by atoms with Crippen LogP contribution in [-0.2, 0) is 86.3 Å². The van der Waals surface area contributed by atoms with Crippen LogP contribution in [0.25, 0.3) is 0 Å². The molecule has 1 aliphatic rings. The largest absolute Gasteiger partial charge is 0.490 e. The van der Waals surface area contributed by atoms with E-state index in [4.69, 9.17) is 37.9 Å². The molecule has 121 heavy (non-hydrogen) atoms. The molecule has 0 saturated carbocycles. The van der Waals surface area contributed by atoms with Crippen LogP contribution < -0.4 is 103 Å². The predicted molar refractivity (Wildman–Crippen MR) is 435 cm³/mol. The lowest BCUT2D eigenvalue weighted by Crippen LogP contribution is -2.61. The van der Waals surface area contributed by atoms with Gasteiger partial charge >= 0.3 is 24.1 Å². The summed E-state index contributed by atoms with van der Waals surface area (Å²) in [5.74, 6) is -20.1. The highest BCUT2D eigenvalue weighted by atomic mass is 19.4. The molecule has 0 aromatic rings. The van der Waals surface area contributed by atoms with Crippen molar-refractivity contribution >= 4 is 107 Å². The molecule has 1 aliphatic heterocycles. The summed E-state index contributed by atoms with van der Waals surface area (Å²) in [6.07, 6.45) is -3.02. The molecule has 1 heterocycles. The van der Waals surface area contributed by atoms with Crippen molar-refractivity contribution < 1.29 is 120 Å². The summed E-state index contributed by atoms with van der Waals surface area (Å²) >= 11 is 0. The molecule has 1 fully saturated rings. The monoisotopic (exact) mass is 1740 g/mol. The van der Waals surface area contributed by atoms with Crippen molar-refractivity contribution in [3.8, 4) is 0 Å². The Labute approximate surface area is 704 Å². The van der Waals surface area contributed by atoms with Gasteiger partial charge in [0.1, 0.15) is 78.5 Å². The molecule has 14 atom stereocenters. The Kier molecular flexibility index (Phi) is 53.3. The number of carboxylic acids is 3. The Hall–Kier alpha value is -9.95. The van der Waals surface area contributed by atoms with Gasteiger partial charge in [-0.1, -0.05) is 83.1 Å². The smallest absolute Gasteiger partial charge is 0.481 e. The first-order valence-electron chi connectivity index (χ1n) is 41.1. The van der Waals surface area contributed by atoms with Crippen LogP contribution in [-0.4, -0.2) is 257 Å². The first-order chi connectivity index (χ1) is 56.4. The number of hydrogen-bond acceptors (Lipinski definition) is 23. The fraction of sp³-hybridized carbons (Fsp3) is 0.766. The lowest BCUT2D eigenvalue weighted by molar-refractivity contribution is -0.192. The van der Waals surface area contributed by atoms with Crippen LogP contribution in [0, 0.1) is 35.5 Å². The van der Waals surface area contributed by atoms with E-state index in [0.717, 1.165) is 6.42 Å². The van der Waals surface area contributed by atoms with Gasteiger partial charge in [-0.25, -0.2) is 9.59 Å². The third-order valence-electron chi connectivity index (χ3n) is 18.6. The van der Waals surface area contributed by atoms with Gasteiger partial charge in [0.15, 0.2) is 0 Å². The summed E-state index contributed by atoms with van der Waals surface area (Å²) in [6.45, 7) is 22.1. The molecule has 1 rings (SSSR count). The van der Waals surface area contributed by atoms with Gasteiger partial charge in [-0.15, -0.1) is 0 Å². The number of aliphatic carboxylic acids is 3. The number of alkyl halides is 3. The van der Waals surface area contributed by atoms with Crippen LogP contribution in [0.5, 0.6) is 0 Å². The summed E-state index contributed by atoms with van der Waals surface area (Å²) in [6, 6.07) is -18.7. The van der Waals surface area contributed by atoms with Crippen molar-refractivity contribution in [2.24, 2.45) is 58.4 Å². The quantitative estimate of drug-likeness (QED) is 0.0268. The molecule has 692 valence electrons. The van der Waals surface area contributed by atoms with E-state index >= 15 is 0 Å². The molecule has 27 N–H and O–H groups in total. The fourth-order valence-electron chi connectivity index (χ4n) is 12.3. The van der Waals surface area contributed by atoms with Gasteiger partial charge in [0.05, 0.1) is 25.6 Å². The van der Waals surface area contributed by atoms with Gasteiger partial charge in [-0.05, 0) is 178 Å². The molecule has 0 aromatic heterocycles. The van der Waals surface area contributed by atoms with E-state index in [9.17, 15) is 105 Å². The summed E-state index contributed by atoms with van der Waals surface area (Å²) in [5.41, 5.74) is 22.6. The minimum absolute atomic E-state index is 0.00450. The minimum Gasteiger partial charge on any atom is -0.481 e. The van der Waals surface area contributed by atoms with Gasteiger partial charge in [-0.2, -0.15) is 13.2 Å². The summed E-state index contributed by atoms with van der Waals surface area (Å²) in [7, 11) is 0. The second-order valence-corrected chi connectivity index (χ2v) is 32.5. The number of primary amides is 1. The molecule has 0 aromatic carbocycles. The topological polar surface area (TPSA) is 673 Å². The highest BCUT2D eigenvalue weighted by Gasteiger charge is 2.41. The van der Waals surface area contributed by atoms with Crippen molar-refractivity contribution in [3.05, 3.63) is 0 Å². The van der Waals surface area contributed by atoms with Gasteiger partial charge in [-0.3, -0.25) is 76.7 Å². The van der Waals surface area contributed by atoms with E-state index in [0.29, 0.717) is 45.1 Å². The highest BCUT2D eigenvalue weighted by molar-refractivity contribution is 6.00. The Morgan fingerprint density at radius 3 is 0.992 bits per heavy atom. The maximum absolute atomic E-state index is 14.6. The van der Waals surface area contributed by atoms with Crippen LogP contribution >= 0.6 is 0 Å². The van der Waals surface area contributed by atoms with Gasteiger partial charge in [0.2, 0.25) is 88.6 Å². The number of aliphatic hydroxyl groups excluding tert-OH is 1.